The number of nitrogens with one attached hydrogen (secondary N) is 1. The first-order valence-corrected chi connectivity index (χ1v) is 9.01. The van der Waals surface area contributed by atoms with Gasteiger partial charge < -0.3 is 14.8 Å². The van der Waals surface area contributed by atoms with Crippen molar-refractivity contribution in [3.05, 3.63) is 22.0 Å². The van der Waals surface area contributed by atoms with Crippen molar-refractivity contribution < 1.29 is 9.47 Å². The summed E-state index contributed by atoms with van der Waals surface area (Å²) >= 11 is 2.28. The van der Waals surface area contributed by atoms with Gasteiger partial charge in [-0.05, 0) is 80.3 Å². The molecule has 0 bridgehead atoms. The average molecular weight is 402 g/mol. The van der Waals surface area contributed by atoms with E-state index in [4.69, 9.17) is 9.47 Å². The zero-order valence-electron chi connectivity index (χ0n) is 12.3. The third-order valence-electron chi connectivity index (χ3n) is 4.32. The molecule has 2 heterocycles. The number of aromatic nitrogens is 1. The van der Waals surface area contributed by atoms with Crippen LogP contribution in [0.2, 0.25) is 0 Å². The van der Waals surface area contributed by atoms with Gasteiger partial charge in [-0.15, -0.1) is 0 Å². The van der Waals surface area contributed by atoms with Crippen LogP contribution in [0.4, 0.5) is 0 Å². The van der Waals surface area contributed by atoms with Crippen LogP contribution in [0.3, 0.4) is 0 Å². The largest absolute Gasteiger partial charge is 0.489 e. The zero-order chi connectivity index (χ0) is 14.5. The number of rotatable bonds is 4. The Kier molecular flexibility index (Phi) is 5.71. The Morgan fingerprint density at radius 1 is 1.00 bits per heavy atom. The van der Waals surface area contributed by atoms with Gasteiger partial charge >= 0.3 is 0 Å². The van der Waals surface area contributed by atoms with Gasteiger partial charge in [0.1, 0.15) is 5.75 Å². The van der Waals surface area contributed by atoms with Crippen molar-refractivity contribution in [1.29, 1.82) is 0 Å². The third kappa shape index (κ3) is 4.53. The van der Waals surface area contributed by atoms with Crippen LogP contribution >= 0.6 is 22.6 Å². The van der Waals surface area contributed by atoms with Gasteiger partial charge in [0.15, 0.2) is 0 Å². The van der Waals surface area contributed by atoms with E-state index in [2.05, 4.69) is 32.9 Å². The molecule has 1 aliphatic carbocycles. The highest BCUT2D eigenvalue weighted by molar-refractivity contribution is 14.1. The van der Waals surface area contributed by atoms with E-state index in [1.807, 2.05) is 12.3 Å². The Morgan fingerprint density at radius 2 is 1.67 bits per heavy atom. The summed E-state index contributed by atoms with van der Waals surface area (Å²) in [4.78, 5) is 4.10. The Labute approximate surface area is 140 Å². The molecule has 0 spiro atoms. The molecule has 0 radical (unpaired) electrons. The van der Waals surface area contributed by atoms with Crippen molar-refractivity contribution >= 4 is 22.6 Å². The van der Waals surface area contributed by atoms with Gasteiger partial charge in [-0.3, -0.25) is 4.98 Å². The number of pyridine rings is 1. The molecule has 1 aromatic rings. The second-order valence-corrected chi connectivity index (χ2v) is 7.07. The number of halogens is 1. The number of hydrogen-bond donors (Lipinski definition) is 1. The van der Waals surface area contributed by atoms with Crippen LogP contribution in [0.25, 0.3) is 0 Å². The van der Waals surface area contributed by atoms with E-state index in [1.54, 1.807) is 6.20 Å². The fraction of sp³-hybridized carbons (Fsp3) is 0.688. The van der Waals surface area contributed by atoms with Gasteiger partial charge in [0.25, 0.3) is 0 Å². The van der Waals surface area contributed by atoms with Crippen molar-refractivity contribution in [2.24, 2.45) is 0 Å². The van der Waals surface area contributed by atoms with E-state index >= 15 is 0 Å². The summed E-state index contributed by atoms with van der Waals surface area (Å²) in [7, 11) is 0. The third-order valence-corrected chi connectivity index (χ3v) is 5.13. The molecule has 0 unspecified atom stereocenters. The second-order valence-electron chi connectivity index (χ2n) is 5.91. The fourth-order valence-corrected chi connectivity index (χ4v) is 3.60. The first-order chi connectivity index (χ1) is 10.3. The predicted octanol–water partition coefficient (Wildman–Crippen LogP) is 3.14. The summed E-state index contributed by atoms with van der Waals surface area (Å²) in [6.45, 7) is 2.20. The lowest BCUT2D eigenvalue weighted by Gasteiger charge is -2.33. The molecule has 4 nitrogen and oxygen atoms in total. The monoisotopic (exact) mass is 402 g/mol. The highest BCUT2D eigenvalue weighted by Gasteiger charge is 2.26. The number of ether oxygens (including phenoxy) is 2. The molecule has 2 aliphatic rings. The molecular formula is C16H23IN2O2. The molecule has 2 fully saturated rings. The zero-order valence-corrected chi connectivity index (χ0v) is 14.4. The predicted molar refractivity (Wildman–Crippen MR) is 90.6 cm³/mol. The molecule has 3 rings (SSSR count). The Balaban J connectivity index is 1.43. The number of piperidine rings is 1. The SMILES string of the molecule is Ic1cnccc1OC1CCC(OC2CCNCC2)CC1. The summed E-state index contributed by atoms with van der Waals surface area (Å²) in [6.07, 6.45) is 11.6. The maximum absolute atomic E-state index is 6.25. The Morgan fingerprint density at radius 3 is 2.38 bits per heavy atom. The maximum atomic E-state index is 6.25. The van der Waals surface area contributed by atoms with Crippen LogP contribution in [0.5, 0.6) is 5.75 Å². The normalized spacial score (nSPS) is 27.5. The minimum atomic E-state index is 0.328. The van der Waals surface area contributed by atoms with Crippen LogP contribution in [-0.2, 0) is 4.74 Å². The molecule has 1 saturated carbocycles. The standard InChI is InChI=1S/C16H23IN2O2/c17-15-11-19-10-7-16(15)21-13-3-1-12(2-4-13)20-14-5-8-18-9-6-14/h7,10-14,18H,1-6,8-9H2. The molecular weight excluding hydrogens is 379 g/mol. The summed E-state index contributed by atoms with van der Waals surface area (Å²) in [5, 5.41) is 3.39. The number of hydrogen-bond acceptors (Lipinski definition) is 4. The first kappa shape index (κ1) is 15.5. The average Bonchev–Trinajstić information content (AvgIpc) is 2.52. The lowest BCUT2D eigenvalue weighted by atomic mass is 9.94. The molecule has 0 atom stereocenters. The highest BCUT2D eigenvalue weighted by atomic mass is 127. The Bertz CT molecular complexity index is 444. The minimum absolute atomic E-state index is 0.328. The summed E-state index contributed by atoms with van der Waals surface area (Å²) in [6, 6.07) is 1.96. The van der Waals surface area contributed by atoms with Gasteiger partial charge in [0.05, 0.1) is 21.9 Å². The van der Waals surface area contributed by atoms with Crippen molar-refractivity contribution in [2.45, 2.75) is 56.8 Å². The van der Waals surface area contributed by atoms with Crippen LogP contribution in [-0.4, -0.2) is 36.4 Å². The topological polar surface area (TPSA) is 43.4 Å². The molecule has 5 heteroatoms. The lowest BCUT2D eigenvalue weighted by Crippen LogP contribution is -2.37. The smallest absolute Gasteiger partial charge is 0.136 e. The van der Waals surface area contributed by atoms with E-state index in [1.165, 1.54) is 0 Å². The van der Waals surface area contributed by atoms with Gasteiger partial charge in [-0.25, -0.2) is 0 Å². The van der Waals surface area contributed by atoms with E-state index in [0.29, 0.717) is 18.3 Å². The summed E-state index contributed by atoms with van der Waals surface area (Å²) in [5.41, 5.74) is 0. The molecule has 1 aromatic heterocycles. The summed E-state index contributed by atoms with van der Waals surface area (Å²) < 4.78 is 13.4. The van der Waals surface area contributed by atoms with Crippen molar-refractivity contribution in [1.82, 2.24) is 10.3 Å². The summed E-state index contributed by atoms with van der Waals surface area (Å²) in [5.74, 6) is 0.966. The van der Waals surface area contributed by atoms with E-state index in [9.17, 15) is 0 Å². The molecule has 21 heavy (non-hydrogen) atoms. The number of nitrogens with zero attached hydrogens (tertiary/aromatic N) is 1. The molecule has 116 valence electrons. The van der Waals surface area contributed by atoms with Gasteiger partial charge in [-0.2, -0.15) is 0 Å². The van der Waals surface area contributed by atoms with Crippen LogP contribution < -0.4 is 10.1 Å². The van der Waals surface area contributed by atoms with Gasteiger partial charge in [0, 0.05) is 12.4 Å². The van der Waals surface area contributed by atoms with Crippen molar-refractivity contribution in [3.63, 3.8) is 0 Å². The van der Waals surface area contributed by atoms with Crippen molar-refractivity contribution in [2.75, 3.05) is 13.1 Å². The van der Waals surface area contributed by atoms with Crippen LogP contribution in [0, 0.1) is 3.57 Å². The molecule has 1 N–H and O–H groups in total. The maximum Gasteiger partial charge on any atom is 0.136 e. The van der Waals surface area contributed by atoms with Crippen LogP contribution in [0.15, 0.2) is 18.5 Å². The second kappa shape index (κ2) is 7.74. The molecule has 0 amide bonds. The van der Waals surface area contributed by atoms with Gasteiger partial charge in [0.2, 0.25) is 0 Å². The van der Waals surface area contributed by atoms with Crippen LogP contribution in [0.1, 0.15) is 38.5 Å². The van der Waals surface area contributed by atoms with E-state index in [0.717, 1.165) is 60.9 Å². The molecule has 1 saturated heterocycles. The first-order valence-electron chi connectivity index (χ1n) is 7.93. The van der Waals surface area contributed by atoms with Crippen molar-refractivity contribution in [3.8, 4) is 5.75 Å². The quantitative estimate of drug-likeness (QED) is 0.786. The molecule has 0 aromatic carbocycles. The molecule has 1 aliphatic heterocycles. The van der Waals surface area contributed by atoms with E-state index < -0.39 is 0 Å². The van der Waals surface area contributed by atoms with E-state index in [-0.39, 0.29) is 0 Å². The highest BCUT2D eigenvalue weighted by Crippen LogP contribution is 2.28. The lowest BCUT2D eigenvalue weighted by molar-refractivity contribution is -0.0549. The Hall–Kier alpha value is -0.400. The fourth-order valence-electron chi connectivity index (χ4n) is 3.13. The minimum Gasteiger partial charge on any atom is -0.489 e. The van der Waals surface area contributed by atoms with Gasteiger partial charge in [-0.1, -0.05) is 0 Å².